The number of rotatable bonds is 5. The summed E-state index contributed by atoms with van der Waals surface area (Å²) in [6, 6.07) is 6.24. The van der Waals surface area contributed by atoms with Crippen LogP contribution in [-0.4, -0.2) is 31.3 Å². The van der Waals surface area contributed by atoms with Crippen LogP contribution in [0.1, 0.15) is 23.6 Å². The molecule has 0 radical (unpaired) electrons. The Bertz CT molecular complexity index is 446. The van der Waals surface area contributed by atoms with Crippen LogP contribution in [0.25, 0.3) is 6.08 Å². The molecule has 0 aliphatic heterocycles. The number of benzene rings is 1. The summed E-state index contributed by atoms with van der Waals surface area (Å²) in [5.74, 6) is 0.227. The van der Waals surface area contributed by atoms with E-state index in [2.05, 4.69) is 26.0 Å². The molecular formula is C16H23NO. The molecule has 0 heterocycles. The zero-order valence-electron chi connectivity index (χ0n) is 12.0. The van der Waals surface area contributed by atoms with Gasteiger partial charge in [-0.1, -0.05) is 31.2 Å². The molecule has 0 saturated carbocycles. The number of hydrogen-bond acceptors (Lipinski definition) is 2. The summed E-state index contributed by atoms with van der Waals surface area (Å²) in [6.45, 7) is 6.93. The van der Waals surface area contributed by atoms with Gasteiger partial charge in [-0.2, -0.15) is 0 Å². The van der Waals surface area contributed by atoms with Gasteiger partial charge in [0.05, 0.1) is 0 Å². The van der Waals surface area contributed by atoms with Crippen molar-refractivity contribution >= 4 is 11.9 Å². The first kappa shape index (κ1) is 14.7. The van der Waals surface area contributed by atoms with E-state index in [0.29, 0.717) is 0 Å². The number of hydrogen-bond donors (Lipinski definition) is 0. The Kier molecular flexibility index (Phi) is 5.29. The van der Waals surface area contributed by atoms with Crippen LogP contribution in [0.15, 0.2) is 24.3 Å². The van der Waals surface area contributed by atoms with E-state index in [1.165, 1.54) is 11.1 Å². The highest BCUT2D eigenvalue weighted by Gasteiger charge is 2.10. The van der Waals surface area contributed by atoms with Gasteiger partial charge in [0.1, 0.15) is 0 Å². The van der Waals surface area contributed by atoms with Crippen LogP contribution in [0, 0.1) is 19.8 Å². The first-order chi connectivity index (χ1) is 8.40. The molecule has 0 fully saturated rings. The largest absolute Gasteiger partial charge is 0.309 e. The van der Waals surface area contributed by atoms with E-state index >= 15 is 0 Å². The lowest BCUT2D eigenvalue weighted by molar-refractivity contribution is -0.118. The third kappa shape index (κ3) is 4.46. The van der Waals surface area contributed by atoms with E-state index in [1.54, 1.807) is 6.08 Å². The van der Waals surface area contributed by atoms with Gasteiger partial charge in [0.25, 0.3) is 0 Å². The van der Waals surface area contributed by atoms with Crippen molar-refractivity contribution in [3.05, 3.63) is 41.0 Å². The summed E-state index contributed by atoms with van der Waals surface area (Å²) in [5.41, 5.74) is 3.62. The Hall–Kier alpha value is -1.41. The van der Waals surface area contributed by atoms with Crippen molar-refractivity contribution in [3.8, 4) is 0 Å². The Labute approximate surface area is 110 Å². The van der Waals surface area contributed by atoms with Crippen molar-refractivity contribution < 1.29 is 4.79 Å². The van der Waals surface area contributed by atoms with Crippen molar-refractivity contribution in [1.82, 2.24) is 4.90 Å². The maximum absolute atomic E-state index is 11.9. The third-order valence-corrected chi connectivity index (χ3v) is 3.10. The second kappa shape index (κ2) is 6.50. The molecule has 1 atom stereocenters. The number of carbonyl (C=O) groups excluding carboxylic acids is 1. The summed E-state index contributed by atoms with van der Waals surface area (Å²) >= 11 is 0. The quantitative estimate of drug-likeness (QED) is 0.743. The van der Waals surface area contributed by atoms with Crippen molar-refractivity contribution in [3.63, 3.8) is 0 Å². The van der Waals surface area contributed by atoms with E-state index in [-0.39, 0.29) is 11.7 Å². The smallest absolute Gasteiger partial charge is 0.159 e. The molecule has 0 unspecified atom stereocenters. The summed E-state index contributed by atoms with van der Waals surface area (Å²) < 4.78 is 0. The molecule has 0 amide bonds. The van der Waals surface area contributed by atoms with Gasteiger partial charge in [0.15, 0.2) is 5.78 Å². The molecule has 0 spiro atoms. The number of nitrogens with zero attached hydrogens (tertiary/aromatic N) is 1. The minimum atomic E-state index is 0.0443. The Morgan fingerprint density at radius 3 is 2.50 bits per heavy atom. The van der Waals surface area contributed by atoms with Gasteiger partial charge in [-0.05, 0) is 50.7 Å². The monoisotopic (exact) mass is 245 g/mol. The fourth-order valence-electron chi connectivity index (χ4n) is 1.85. The predicted molar refractivity (Wildman–Crippen MR) is 77.7 cm³/mol. The van der Waals surface area contributed by atoms with Gasteiger partial charge < -0.3 is 4.90 Å². The lowest BCUT2D eigenvalue weighted by Crippen LogP contribution is -2.24. The summed E-state index contributed by atoms with van der Waals surface area (Å²) in [4.78, 5) is 13.9. The zero-order chi connectivity index (χ0) is 13.7. The fourth-order valence-corrected chi connectivity index (χ4v) is 1.85. The number of ketones is 1. The topological polar surface area (TPSA) is 20.3 Å². The highest BCUT2D eigenvalue weighted by Crippen LogP contribution is 2.11. The fraction of sp³-hybridized carbons (Fsp3) is 0.438. The Morgan fingerprint density at radius 2 is 1.94 bits per heavy atom. The average molecular weight is 245 g/mol. The van der Waals surface area contributed by atoms with Gasteiger partial charge in [-0.3, -0.25) is 4.79 Å². The molecule has 0 saturated heterocycles. The van der Waals surface area contributed by atoms with Gasteiger partial charge in [-0.15, -0.1) is 0 Å². The molecule has 0 N–H and O–H groups in total. The average Bonchev–Trinajstić information content (AvgIpc) is 2.29. The summed E-state index contributed by atoms with van der Waals surface area (Å²) in [5, 5.41) is 0. The molecule has 0 bridgehead atoms. The van der Waals surface area contributed by atoms with E-state index in [9.17, 15) is 4.79 Å². The van der Waals surface area contributed by atoms with Gasteiger partial charge in [-0.25, -0.2) is 0 Å². The van der Waals surface area contributed by atoms with E-state index in [0.717, 1.165) is 12.1 Å². The second-order valence-electron chi connectivity index (χ2n) is 5.24. The van der Waals surface area contributed by atoms with Crippen molar-refractivity contribution in [2.45, 2.75) is 20.8 Å². The molecule has 98 valence electrons. The van der Waals surface area contributed by atoms with Crippen molar-refractivity contribution in [2.24, 2.45) is 5.92 Å². The highest BCUT2D eigenvalue weighted by atomic mass is 16.1. The second-order valence-corrected chi connectivity index (χ2v) is 5.24. The van der Waals surface area contributed by atoms with Gasteiger partial charge in [0, 0.05) is 12.5 Å². The summed E-state index contributed by atoms with van der Waals surface area (Å²) in [7, 11) is 3.97. The van der Waals surface area contributed by atoms with Crippen LogP contribution in [0.2, 0.25) is 0 Å². The Balaban J connectivity index is 2.68. The van der Waals surface area contributed by atoms with Crippen LogP contribution in [-0.2, 0) is 4.79 Å². The third-order valence-electron chi connectivity index (χ3n) is 3.10. The van der Waals surface area contributed by atoms with Gasteiger partial charge in [0.2, 0.25) is 0 Å². The number of carbonyl (C=O) groups is 1. The van der Waals surface area contributed by atoms with Crippen LogP contribution in [0.3, 0.4) is 0 Å². The minimum Gasteiger partial charge on any atom is -0.309 e. The predicted octanol–water partition coefficient (Wildman–Crippen LogP) is 3.08. The van der Waals surface area contributed by atoms with E-state index < -0.39 is 0 Å². The standard InChI is InChI=1S/C16H23NO/c1-12-6-7-15(10-13(12)2)8-9-16(18)14(3)11-17(4)5/h6-10,14H,11H2,1-5H3/b9-8-/t14-/m1/s1. The normalized spacial score (nSPS) is 13.2. The molecule has 0 aliphatic rings. The lowest BCUT2D eigenvalue weighted by Gasteiger charge is -2.13. The number of allylic oxidation sites excluding steroid dienone is 1. The maximum Gasteiger partial charge on any atom is 0.159 e. The molecule has 2 heteroatoms. The van der Waals surface area contributed by atoms with E-state index in [1.807, 2.05) is 38.1 Å². The lowest BCUT2D eigenvalue weighted by atomic mass is 10.0. The SMILES string of the molecule is Cc1ccc(/C=C\C(=O)[C@H](C)CN(C)C)cc1C. The zero-order valence-corrected chi connectivity index (χ0v) is 12.0. The molecule has 2 nitrogen and oxygen atoms in total. The van der Waals surface area contributed by atoms with Gasteiger partial charge >= 0.3 is 0 Å². The minimum absolute atomic E-state index is 0.0443. The van der Waals surface area contributed by atoms with Crippen molar-refractivity contribution in [1.29, 1.82) is 0 Å². The molecule has 1 aromatic rings. The summed E-state index contributed by atoms with van der Waals surface area (Å²) in [6.07, 6.45) is 3.60. The first-order valence-electron chi connectivity index (χ1n) is 6.34. The van der Waals surface area contributed by atoms with E-state index in [4.69, 9.17) is 0 Å². The molecule has 18 heavy (non-hydrogen) atoms. The maximum atomic E-state index is 11.9. The van der Waals surface area contributed by atoms with Crippen LogP contribution in [0.4, 0.5) is 0 Å². The molecule has 1 aromatic carbocycles. The first-order valence-corrected chi connectivity index (χ1v) is 6.34. The Morgan fingerprint density at radius 1 is 1.28 bits per heavy atom. The molecular weight excluding hydrogens is 222 g/mol. The van der Waals surface area contributed by atoms with Crippen LogP contribution < -0.4 is 0 Å². The van der Waals surface area contributed by atoms with Crippen LogP contribution in [0.5, 0.6) is 0 Å². The highest BCUT2D eigenvalue weighted by molar-refractivity contribution is 5.95. The van der Waals surface area contributed by atoms with Crippen molar-refractivity contribution in [2.75, 3.05) is 20.6 Å². The van der Waals surface area contributed by atoms with Crippen LogP contribution >= 0.6 is 0 Å². The molecule has 0 aromatic heterocycles. The molecule has 0 aliphatic carbocycles. The number of aryl methyl sites for hydroxylation is 2. The molecule has 1 rings (SSSR count).